The van der Waals surface area contributed by atoms with Gasteiger partial charge in [-0.25, -0.2) is 4.39 Å². The molecule has 0 saturated heterocycles. The van der Waals surface area contributed by atoms with E-state index in [1.165, 1.54) is 19.1 Å². The van der Waals surface area contributed by atoms with Crippen molar-refractivity contribution < 1.29 is 13.9 Å². The Morgan fingerprint density at radius 2 is 2.00 bits per heavy atom. The van der Waals surface area contributed by atoms with Crippen molar-refractivity contribution in [1.29, 1.82) is 0 Å². The first kappa shape index (κ1) is 14.0. The topological polar surface area (TPSA) is 26.3 Å². The van der Waals surface area contributed by atoms with E-state index in [-0.39, 0.29) is 10.8 Å². The van der Waals surface area contributed by atoms with Crippen LogP contribution in [0.1, 0.15) is 17.3 Å². The maximum Gasteiger partial charge on any atom is 0.159 e. The Morgan fingerprint density at radius 1 is 1.26 bits per heavy atom. The van der Waals surface area contributed by atoms with Crippen LogP contribution in [0, 0.1) is 5.82 Å². The predicted molar refractivity (Wildman–Crippen MR) is 75.6 cm³/mol. The van der Waals surface area contributed by atoms with Crippen molar-refractivity contribution in [3.63, 3.8) is 0 Å². The third kappa shape index (κ3) is 3.33. The molecule has 0 atom stereocenters. The fraction of sp³-hybridized carbons (Fsp3) is 0.0714. The highest BCUT2D eigenvalue weighted by Crippen LogP contribution is 2.31. The standard InChI is InChI=1S/C14H9BrClFO2/c1-8(18)9-2-5-14(11(15)6-9)19-10-3-4-12(16)13(17)7-10/h2-7H,1H3. The van der Waals surface area contributed by atoms with E-state index in [4.69, 9.17) is 16.3 Å². The Labute approximate surface area is 123 Å². The fourth-order valence-electron chi connectivity index (χ4n) is 1.47. The summed E-state index contributed by atoms with van der Waals surface area (Å²) in [6, 6.07) is 9.14. The number of carbonyl (C=O) groups is 1. The van der Waals surface area contributed by atoms with E-state index in [1.54, 1.807) is 24.3 Å². The van der Waals surface area contributed by atoms with Gasteiger partial charge >= 0.3 is 0 Å². The van der Waals surface area contributed by atoms with Crippen LogP contribution in [-0.2, 0) is 0 Å². The third-order valence-corrected chi connectivity index (χ3v) is 3.38. The molecule has 0 aliphatic heterocycles. The highest BCUT2D eigenvalue weighted by molar-refractivity contribution is 9.10. The average Bonchev–Trinajstić information content (AvgIpc) is 2.36. The summed E-state index contributed by atoms with van der Waals surface area (Å²) >= 11 is 8.90. The summed E-state index contributed by atoms with van der Waals surface area (Å²) in [4.78, 5) is 11.2. The van der Waals surface area contributed by atoms with Crippen LogP contribution in [0.2, 0.25) is 5.02 Å². The zero-order chi connectivity index (χ0) is 14.0. The molecular weight excluding hydrogens is 335 g/mol. The number of hydrogen-bond donors (Lipinski definition) is 0. The number of Topliss-reactive ketones (excluding diaryl/α,β-unsaturated/α-hetero) is 1. The van der Waals surface area contributed by atoms with Crippen molar-refractivity contribution in [1.82, 2.24) is 0 Å². The van der Waals surface area contributed by atoms with Gasteiger partial charge in [-0.3, -0.25) is 4.79 Å². The van der Waals surface area contributed by atoms with Gasteiger partial charge in [-0.2, -0.15) is 0 Å². The van der Waals surface area contributed by atoms with Gasteiger partial charge < -0.3 is 4.74 Å². The lowest BCUT2D eigenvalue weighted by Crippen LogP contribution is -1.93. The number of rotatable bonds is 3. The first-order chi connectivity index (χ1) is 8.97. The van der Waals surface area contributed by atoms with Gasteiger partial charge in [0.15, 0.2) is 5.78 Å². The highest BCUT2D eigenvalue weighted by Gasteiger charge is 2.08. The maximum atomic E-state index is 13.3. The summed E-state index contributed by atoms with van der Waals surface area (Å²) in [5.41, 5.74) is 0.571. The number of halogens is 3. The van der Waals surface area contributed by atoms with Crippen LogP contribution in [0.5, 0.6) is 11.5 Å². The van der Waals surface area contributed by atoms with E-state index in [1.807, 2.05) is 0 Å². The minimum absolute atomic E-state index is 0.0372. The van der Waals surface area contributed by atoms with Crippen LogP contribution in [0.15, 0.2) is 40.9 Å². The van der Waals surface area contributed by atoms with E-state index in [0.717, 1.165) is 0 Å². The van der Waals surface area contributed by atoms with Crippen molar-refractivity contribution >= 4 is 33.3 Å². The van der Waals surface area contributed by atoms with E-state index >= 15 is 0 Å². The molecule has 0 amide bonds. The van der Waals surface area contributed by atoms with Crippen LogP contribution in [0.25, 0.3) is 0 Å². The van der Waals surface area contributed by atoms with E-state index in [9.17, 15) is 9.18 Å². The fourth-order valence-corrected chi connectivity index (χ4v) is 2.05. The van der Waals surface area contributed by atoms with E-state index < -0.39 is 5.82 Å². The van der Waals surface area contributed by atoms with Gasteiger partial charge in [0.2, 0.25) is 0 Å². The molecule has 5 heteroatoms. The second kappa shape index (κ2) is 5.72. The van der Waals surface area contributed by atoms with Crippen LogP contribution in [0.4, 0.5) is 4.39 Å². The monoisotopic (exact) mass is 342 g/mol. The Hall–Kier alpha value is -1.39. The zero-order valence-corrected chi connectivity index (χ0v) is 12.3. The maximum absolute atomic E-state index is 13.3. The minimum atomic E-state index is -0.546. The second-order valence-electron chi connectivity index (χ2n) is 3.88. The summed E-state index contributed by atoms with van der Waals surface area (Å²) < 4.78 is 19.4. The molecule has 2 aromatic rings. The lowest BCUT2D eigenvalue weighted by molar-refractivity contribution is 0.101. The number of ether oxygens (including phenoxy) is 1. The van der Waals surface area contributed by atoms with Crippen molar-refractivity contribution in [3.05, 3.63) is 57.3 Å². The van der Waals surface area contributed by atoms with Crippen molar-refractivity contribution in [2.24, 2.45) is 0 Å². The summed E-state index contributed by atoms with van der Waals surface area (Å²) in [5, 5.41) is 0.0401. The van der Waals surface area contributed by atoms with Crippen molar-refractivity contribution in [3.8, 4) is 11.5 Å². The Kier molecular flexibility index (Phi) is 4.22. The molecule has 2 nitrogen and oxygen atoms in total. The zero-order valence-electron chi connectivity index (χ0n) is 9.91. The average molecular weight is 344 g/mol. The van der Waals surface area contributed by atoms with Gasteiger partial charge in [0.25, 0.3) is 0 Å². The van der Waals surface area contributed by atoms with Crippen LogP contribution < -0.4 is 4.74 Å². The van der Waals surface area contributed by atoms with Crippen LogP contribution in [0.3, 0.4) is 0 Å². The Morgan fingerprint density at radius 3 is 2.58 bits per heavy atom. The molecule has 19 heavy (non-hydrogen) atoms. The summed E-state index contributed by atoms with van der Waals surface area (Å²) in [7, 11) is 0. The second-order valence-corrected chi connectivity index (χ2v) is 5.14. The molecule has 0 unspecified atom stereocenters. The van der Waals surface area contributed by atoms with Gasteiger partial charge in [-0.1, -0.05) is 11.6 Å². The lowest BCUT2D eigenvalue weighted by Gasteiger charge is -2.09. The largest absolute Gasteiger partial charge is 0.456 e. The van der Waals surface area contributed by atoms with Gasteiger partial charge in [-0.05, 0) is 53.2 Å². The highest BCUT2D eigenvalue weighted by atomic mass is 79.9. The number of hydrogen-bond acceptors (Lipinski definition) is 2. The number of carbonyl (C=O) groups excluding carboxylic acids is 1. The van der Waals surface area contributed by atoms with Crippen molar-refractivity contribution in [2.45, 2.75) is 6.92 Å². The molecule has 0 spiro atoms. The first-order valence-electron chi connectivity index (χ1n) is 5.41. The van der Waals surface area contributed by atoms with Crippen LogP contribution in [-0.4, -0.2) is 5.78 Å². The molecule has 98 valence electrons. The quantitative estimate of drug-likeness (QED) is 0.713. The molecule has 0 heterocycles. The van der Waals surface area contributed by atoms with Crippen LogP contribution >= 0.6 is 27.5 Å². The molecule has 0 N–H and O–H groups in total. The minimum Gasteiger partial charge on any atom is -0.456 e. The molecule has 2 rings (SSSR count). The van der Waals surface area contributed by atoms with E-state index in [0.29, 0.717) is 21.5 Å². The molecule has 0 aromatic heterocycles. The molecular formula is C14H9BrClFO2. The summed E-state index contributed by atoms with van der Waals surface area (Å²) in [6.45, 7) is 1.48. The molecule has 0 saturated carbocycles. The Balaban J connectivity index is 2.28. The van der Waals surface area contributed by atoms with Gasteiger partial charge in [-0.15, -0.1) is 0 Å². The first-order valence-corrected chi connectivity index (χ1v) is 6.58. The molecule has 0 bridgehead atoms. The lowest BCUT2D eigenvalue weighted by atomic mass is 10.1. The Bertz CT molecular complexity index is 643. The number of benzene rings is 2. The summed E-state index contributed by atoms with van der Waals surface area (Å²) in [5.74, 6) is 0.241. The molecule has 0 radical (unpaired) electrons. The van der Waals surface area contributed by atoms with E-state index in [2.05, 4.69) is 15.9 Å². The normalized spacial score (nSPS) is 10.3. The SMILES string of the molecule is CC(=O)c1ccc(Oc2ccc(Cl)c(F)c2)c(Br)c1. The third-order valence-electron chi connectivity index (χ3n) is 2.46. The van der Waals surface area contributed by atoms with Gasteiger partial charge in [0.1, 0.15) is 17.3 Å². The molecule has 0 aliphatic carbocycles. The smallest absolute Gasteiger partial charge is 0.159 e. The summed E-state index contributed by atoms with van der Waals surface area (Å²) in [6.07, 6.45) is 0. The van der Waals surface area contributed by atoms with Crippen molar-refractivity contribution in [2.75, 3.05) is 0 Å². The molecule has 0 fully saturated rings. The molecule has 2 aromatic carbocycles. The predicted octanol–water partition coefficient (Wildman–Crippen LogP) is 5.24. The van der Waals surface area contributed by atoms with Gasteiger partial charge in [0, 0.05) is 11.6 Å². The number of ketones is 1. The van der Waals surface area contributed by atoms with Gasteiger partial charge in [0.05, 0.1) is 9.50 Å². The molecule has 0 aliphatic rings.